The van der Waals surface area contributed by atoms with E-state index in [0.717, 1.165) is 35.5 Å². The molecule has 0 unspecified atom stereocenters. The molecule has 0 spiro atoms. The van der Waals surface area contributed by atoms with Crippen molar-refractivity contribution in [2.75, 3.05) is 31.2 Å². The van der Waals surface area contributed by atoms with Crippen LogP contribution in [0.1, 0.15) is 57.3 Å². The summed E-state index contributed by atoms with van der Waals surface area (Å²) in [5.74, 6) is -6.03. The highest BCUT2D eigenvalue weighted by Crippen LogP contribution is 2.41. The lowest BCUT2D eigenvalue weighted by Crippen LogP contribution is -2.47. The van der Waals surface area contributed by atoms with Gasteiger partial charge in [-0.25, -0.2) is 13.6 Å². The lowest BCUT2D eigenvalue weighted by molar-refractivity contribution is -0.192. The topological polar surface area (TPSA) is 218 Å². The first-order valence-electron chi connectivity index (χ1n) is 17.6. The summed E-state index contributed by atoms with van der Waals surface area (Å²) >= 11 is 1.14. The van der Waals surface area contributed by atoms with E-state index in [1.165, 1.54) is 4.90 Å². The Morgan fingerprint density at radius 1 is 0.947 bits per heavy atom. The number of carbonyl (C=O) groups excluding carboxylic acids is 3. The molecule has 0 bridgehead atoms. The van der Waals surface area contributed by atoms with Crippen molar-refractivity contribution in [2.45, 2.75) is 70.9 Å². The standard InChI is InChI=1S/C36H47F2N5O6S.C2HF3O2/c1-36(2,3)33(31-16-24(27-17-25(37)11-12-28(27)38)19-42(31)18-23-8-5-4-6-9-23)43(32(46)20-44)15-13-29(39)34(47)41-14-7-10-26(45)21-50-22-30(40)35(48)49;3-2(4,5)1(6)7/h4-6,8-9,11-12,16-17,19,29-30,33,44H,7,10,13-15,18,20-22,39-40H2,1-3H3,(H,41,47)(H,48,49);(H,6,7)/t29-,30-,33-;/m0./s1. The van der Waals surface area contributed by atoms with Gasteiger partial charge >= 0.3 is 18.1 Å². The third kappa shape index (κ3) is 15.9. The lowest BCUT2D eigenvalue weighted by Gasteiger charge is -2.41. The van der Waals surface area contributed by atoms with Crippen LogP contribution in [0.4, 0.5) is 22.0 Å². The number of carboxylic acid groups (broad SMARTS) is 2. The summed E-state index contributed by atoms with van der Waals surface area (Å²) in [4.78, 5) is 59.5. The number of rotatable bonds is 19. The number of hydrogen-bond donors (Lipinski definition) is 6. The van der Waals surface area contributed by atoms with Crippen LogP contribution in [0.2, 0.25) is 0 Å². The van der Waals surface area contributed by atoms with Gasteiger partial charge in [0, 0.05) is 54.8 Å². The first-order valence-corrected chi connectivity index (χ1v) is 18.7. The highest BCUT2D eigenvalue weighted by Gasteiger charge is 2.39. The van der Waals surface area contributed by atoms with Crippen LogP contribution in [0.25, 0.3) is 11.1 Å². The van der Waals surface area contributed by atoms with E-state index in [-0.39, 0.29) is 48.8 Å². The number of nitrogens with one attached hydrogen (secondary N) is 1. The number of alkyl halides is 3. The predicted molar refractivity (Wildman–Crippen MR) is 203 cm³/mol. The molecule has 1 heterocycles. The molecule has 19 heteroatoms. The Bertz CT molecular complexity index is 1820. The average Bonchev–Trinajstić information content (AvgIpc) is 3.53. The number of nitrogens with zero attached hydrogens (tertiary/aromatic N) is 2. The summed E-state index contributed by atoms with van der Waals surface area (Å²) in [6.45, 7) is 5.52. The van der Waals surface area contributed by atoms with E-state index in [1.807, 2.05) is 55.7 Å². The molecule has 2 amide bonds. The second-order valence-corrected chi connectivity index (χ2v) is 15.0. The van der Waals surface area contributed by atoms with Crippen molar-refractivity contribution in [3.8, 4) is 11.1 Å². The molecule has 1 aromatic heterocycles. The molecule has 2 aromatic carbocycles. The van der Waals surface area contributed by atoms with Crippen LogP contribution in [0.3, 0.4) is 0 Å². The molecule has 0 radical (unpaired) electrons. The Morgan fingerprint density at radius 2 is 1.58 bits per heavy atom. The van der Waals surface area contributed by atoms with Crippen LogP contribution in [-0.2, 0) is 30.5 Å². The fourth-order valence-electron chi connectivity index (χ4n) is 5.58. The van der Waals surface area contributed by atoms with Gasteiger partial charge in [-0.3, -0.25) is 19.2 Å². The molecule has 3 aromatic rings. The number of thioether (sulfide) groups is 1. The van der Waals surface area contributed by atoms with E-state index in [2.05, 4.69) is 5.32 Å². The molecule has 0 saturated carbocycles. The zero-order valence-corrected chi connectivity index (χ0v) is 32.4. The van der Waals surface area contributed by atoms with Crippen LogP contribution >= 0.6 is 11.8 Å². The van der Waals surface area contributed by atoms with Crippen molar-refractivity contribution >= 4 is 41.3 Å². The maximum absolute atomic E-state index is 15.0. The van der Waals surface area contributed by atoms with Crippen molar-refractivity contribution in [3.05, 3.63) is 83.7 Å². The minimum absolute atomic E-state index is 0.00425. The largest absolute Gasteiger partial charge is 0.490 e. The van der Waals surface area contributed by atoms with E-state index >= 15 is 0 Å². The van der Waals surface area contributed by atoms with E-state index in [4.69, 9.17) is 26.5 Å². The zero-order chi connectivity index (χ0) is 43.1. The fraction of sp³-hybridized carbons (Fsp3) is 0.447. The maximum Gasteiger partial charge on any atom is 0.490 e. The molecule has 0 aliphatic carbocycles. The normalized spacial score (nSPS) is 13.1. The third-order valence-electron chi connectivity index (χ3n) is 8.30. The summed E-state index contributed by atoms with van der Waals surface area (Å²) in [7, 11) is 0. The summed E-state index contributed by atoms with van der Waals surface area (Å²) in [6, 6.07) is 11.7. The minimum Gasteiger partial charge on any atom is -0.480 e. The number of ketones is 1. The number of aliphatic hydroxyl groups is 1. The summed E-state index contributed by atoms with van der Waals surface area (Å²) in [5, 5.41) is 28.7. The molecule has 3 atom stereocenters. The Morgan fingerprint density at radius 3 is 2.14 bits per heavy atom. The third-order valence-corrected chi connectivity index (χ3v) is 9.42. The van der Waals surface area contributed by atoms with Crippen molar-refractivity contribution in [1.82, 2.24) is 14.8 Å². The van der Waals surface area contributed by atoms with Gasteiger partial charge in [0.25, 0.3) is 0 Å². The number of aromatic nitrogens is 1. The van der Waals surface area contributed by atoms with Crippen LogP contribution in [0.5, 0.6) is 0 Å². The molecular formula is C38H48F5N5O8S. The Balaban J connectivity index is 0.00000146. The number of nitrogens with two attached hydrogens (primary N) is 2. The van der Waals surface area contributed by atoms with Gasteiger partial charge in [-0.2, -0.15) is 24.9 Å². The summed E-state index contributed by atoms with van der Waals surface area (Å²) < 4.78 is 62.8. The molecule has 0 saturated heterocycles. The smallest absolute Gasteiger partial charge is 0.480 e. The number of carboxylic acids is 2. The highest BCUT2D eigenvalue weighted by molar-refractivity contribution is 8.00. The summed E-state index contributed by atoms with van der Waals surface area (Å²) in [5.41, 5.74) is 13.1. The van der Waals surface area contributed by atoms with Gasteiger partial charge in [0.2, 0.25) is 11.8 Å². The van der Waals surface area contributed by atoms with E-state index < -0.39 is 71.7 Å². The van der Waals surface area contributed by atoms with Crippen LogP contribution in [-0.4, -0.2) is 104 Å². The average molecular weight is 830 g/mol. The number of aliphatic carboxylic acids is 2. The van der Waals surface area contributed by atoms with Crippen molar-refractivity contribution < 1.29 is 61.2 Å². The molecule has 3 rings (SSSR count). The quantitative estimate of drug-likeness (QED) is 0.0737. The van der Waals surface area contributed by atoms with Crippen LogP contribution < -0.4 is 16.8 Å². The molecular weight excluding hydrogens is 782 g/mol. The van der Waals surface area contributed by atoms with E-state index in [9.17, 15) is 46.2 Å². The van der Waals surface area contributed by atoms with Gasteiger partial charge in [0.15, 0.2) is 0 Å². The first kappa shape index (κ1) is 48.3. The number of aliphatic hydroxyl groups excluding tert-OH is 1. The Kier molecular flexibility index (Phi) is 18.8. The van der Waals surface area contributed by atoms with Crippen LogP contribution in [0.15, 0.2) is 60.8 Å². The van der Waals surface area contributed by atoms with Gasteiger partial charge in [-0.15, -0.1) is 0 Å². The van der Waals surface area contributed by atoms with Crippen molar-refractivity contribution in [3.63, 3.8) is 0 Å². The number of Topliss-reactive ketones (excluding diaryl/α,β-unsaturated/α-hetero) is 1. The van der Waals surface area contributed by atoms with Crippen LogP contribution in [0, 0.1) is 17.0 Å². The highest BCUT2D eigenvalue weighted by atomic mass is 32.2. The SMILES string of the molecule is CC(C)(C)[C@H](c1cc(-c2cc(F)ccc2F)cn1Cc1ccccc1)N(CC[C@H](N)C(=O)NCCCC(=O)CSC[C@H](N)C(=O)O)C(=O)CO.O=C(O)C(F)(F)F. The van der Waals surface area contributed by atoms with Gasteiger partial charge < -0.3 is 41.6 Å². The minimum atomic E-state index is -5.08. The molecule has 57 heavy (non-hydrogen) atoms. The van der Waals surface area contributed by atoms with Gasteiger partial charge in [-0.05, 0) is 48.1 Å². The Hall–Kier alpha value is -4.85. The molecule has 0 aliphatic heterocycles. The van der Waals surface area contributed by atoms with E-state index in [1.54, 1.807) is 12.3 Å². The number of amides is 2. The molecule has 314 valence electrons. The first-order chi connectivity index (χ1) is 26.6. The maximum atomic E-state index is 15.0. The van der Waals surface area contributed by atoms with Crippen molar-refractivity contribution in [1.29, 1.82) is 0 Å². The second-order valence-electron chi connectivity index (χ2n) is 14.0. The van der Waals surface area contributed by atoms with E-state index in [0.29, 0.717) is 24.2 Å². The number of carbonyl (C=O) groups is 5. The summed E-state index contributed by atoms with van der Waals surface area (Å²) in [6.07, 6.45) is -2.78. The molecule has 8 N–H and O–H groups in total. The predicted octanol–water partition coefficient (Wildman–Crippen LogP) is 4.35. The number of benzene rings is 2. The molecule has 13 nitrogen and oxygen atoms in total. The monoisotopic (exact) mass is 829 g/mol. The van der Waals surface area contributed by atoms with Gasteiger partial charge in [0.05, 0.1) is 17.8 Å². The molecule has 0 aliphatic rings. The van der Waals surface area contributed by atoms with Gasteiger partial charge in [0.1, 0.15) is 30.1 Å². The molecule has 0 fully saturated rings. The second kappa shape index (κ2) is 22.2. The fourth-order valence-corrected chi connectivity index (χ4v) is 6.47. The van der Waals surface area contributed by atoms with Gasteiger partial charge in [-0.1, -0.05) is 51.1 Å². The van der Waals surface area contributed by atoms with Crippen molar-refractivity contribution in [2.24, 2.45) is 16.9 Å². The number of halogens is 5. The zero-order valence-electron chi connectivity index (χ0n) is 31.6. The number of hydrogen-bond acceptors (Lipinski definition) is 9. The lowest BCUT2D eigenvalue weighted by atomic mass is 9.82. The Labute approximate surface area is 330 Å².